The smallest absolute Gasteiger partial charge is 0.410 e. The van der Waals surface area contributed by atoms with Crippen LogP contribution >= 0.6 is 0 Å². The van der Waals surface area contributed by atoms with Crippen LogP contribution in [-0.2, 0) is 16.1 Å². The molecule has 2 atom stereocenters. The number of nitrogens with one attached hydrogen (secondary N) is 1. The molecule has 2 saturated heterocycles. The highest BCUT2D eigenvalue weighted by Crippen LogP contribution is 2.18. The van der Waals surface area contributed by atoms with Crippen LogP contribution in [-0.4, -0.2) is 49.4 Å². The molecule has 2 fully saturated rings. The zero-order valence-electron chi connectivity index (χ0n) is 11.5. The molecule has 0 bridgehead atoms. The Balaban J connectivity index is 1.50. The number of carbonyl (C=O) groups excluding carboxylic acids is 1. The summed E-state index contributed by atoms with van der Waals surface area (Å²) in [4.78, 5) is 13.9. The Morgan fingerprint density at radius 3 is 3.10 bits per heavy atom. The predicted octanol–water partition coefficient (Wildman–Crippen LogP) is 1.39. The number of likely N-dealkylation sites (tertiary alicyclic amines) is 1. The van der Waals surface area contributed by atoms with E-state index in [9.17, 15) is 4.79 Å². The fourth-order valence-electron chi connectivity index (χ4n) is 2.76. The number of fused-ring (bicyclic) bond motifs is 1. The first-order valence-corrected chi connectivity index (χ1v) is 7.13. The van der Waals surface area contributed by atoms with Gasteiger partial charge < -0.3 is 19.7 Å². The SMILES string of the molecule is O=C(OCc1ccccc1)N1CCC2OCCNC2C1. The van der Waals surface area contributed by atoms with Gasteiger partial charge in [-0.25, -0.2) is 4.79 Å². The largest absolute Gasteiger partial charge is 0.445 e. The van der Waals surface area contributed by atoms with Crippen molar-refractivity contribution in [2.45, 2.75) is 25.2 Å². The van der Waals surface area contributed by atoms with Gasteiger partial charge in [-0.15, -0.1) is 0 Å². The van der Waals surface area contributed by atoms with Crippen molar-refractivity contribution >= 4 is 6.09 Å². The maximum atomic E-state index is 12.1. The average molecular weight is 276 g/mol. The predicted molar refractivity (Wildman–Crippen MR) is 74.3 cm³/mol. The quantitative estimate of drug-likeness (QED) is 0.887. The summed E-state index contributed by atoms with van der Waals surface area (Å²) in [5.41, 5.74) is 1.01. The number of morpholine rings is 1. The summed E-state index contributed by atoms with van der Waals surface area (Å²) in [6.07, 6.45) is 0.875. The summed E-state index contributed by atoms with van der Waals surface area (Å²) in [6, 6.07) is 9.98. The Kier molecular flexibility index (Phi) is 4.18. The van der Waals surface area contributed by atoms with E-state index >= 15 is 0 Å². The topological polar surface area (TPSA) is 50.8 Å². The third-order valence-electron chi connectivity index (χ3n) is 3.85. The fourth-order valence-corrected chi connectivity index (χ4v) is 2.76. The summed E-state index contributed by atoms with van der Waals surface area (Å²) < 4.78 is 11.1. The zero-order chi connectivity index (χ0) is 13.8. The lowest BCUT2D eigenvalue weighted by Crippen LogP contribution is -2.59. The highest BCUT2D eigenvalue weighted by molar-refractivity contribution is 5.67. The zero-order valence-corrected chi connectivity index (χ0v) is 11.5. The number of ether oxygens (including phenoxy) is 2. The van der Waals surface area contributed by atoms with E-state index in [1.165, 1.54) is 0 Å². The normalized spacial score (nSPS) is 25.9. The number of amides is 1. The highest BCUT2D eigenvalue weighted by Gasteiger charge is 2.34. The molecule has 108 valence electrons. The molecule has 2 aliphatic rings. The summed E-state index contributed by atoms with van der Waals surface area (Å²) in [5, 5.41) is 3.41. The van der Waals surface area contributed by atoms with E-state index in [-0.39, 0.29) is 18.2 Å². The average Bonchev–Trinajstić information content (AvgIpc) is 2.53. The molecule has 0 radical (unpaired) electrons. The van der Waals surface area contributed by atoms with Gasteiger partial charge in [-0.2, -0.15) is 0 Å². The van der Waals surface area contributed by atoms with Crippen LogP contribution in [0.15, 0.2) is 30.3 Å². The Hall–Kier alpha value is -1.59. The van der Waals surface area contributed by atoms with E-state index in [1.54, 1.807) is 4.90 Å². The molecule has 0 aliphatic carbocycles. The molecular formula is C15H20N2O3. The van der Waals surface area contributed by atoms with Crippen molar-refractivity contribution in [1.82, 2.24) is 10.2 Å². The van der Waals surface area contributed by atoms with Crippen molar-refractivity contribution in [3.8, 4) is 0 Å². The van der Waals surface area contributed by atoms with Crippen molar-refractivity contribution in [1.29, 1.82) is 0 Å². The third-order valence-corrected chi connectivity index (χ3v) is 3.85. The van der Waals surface area contributed by atoms with Gasteiger partial charge in [0, 0.05) is 19.6 Å². The second kappa shape index (κ2) is 6.24. The monoisotopic (exact) mass is 276 g/mol. The molecule has 1 amide bonds. The molecule has 2 heterocycles. The summed E-state index contributed by atoms with van der Waals surface area (Å²) in [7, 11) is 0. The van der Waals surface area contributed by atoms with Gasteiger partial charge >= 0.3 is 6.09 Å². The first kappa shape index (κ1) is 13.4. The lowest BCUT2D eigenvalue weighted by atomic mass is 10.0. The molecule has 1 aromatic carbocycles. The van der Waals surface area contributed by atoms with Crippen LogP contribution in [0.3, 0.4) is 0 Å². The number of benzene rings is 1. The van der Waals surface area contributed by atoms with Gasteiger partial charge in [0.25, 0.3) is 0 Å². The van der Waals surface area contributed by atoms with Gasteiger partial charge in [0.1, 0.15) is 6.61 Å². The lowest BCUT2D eigenvalue weighted by molar-refractivity contribution is -0.0417. The molecule has 0 saturated carbocycles. The van der Waals surface area contributed by atoms with Crippen molar-refractivity contribution < 1.29 is 14.3 Å². The van der Waals surface area contributed by atoms with Crippen LogP contribution in [0.5, 0.6) is 0 Å². The molecule has 0 aromatic heterocycles. The fraction of sp³-hybridized carbons (Fsp3) is 0.533. The van der Waals surface area contributed by atoms with Gasteiger partial charge in [0.2, 0.25) is 0 Å². The Morgan fingerprint density at radius 1 is 1.40 bits per heavy atom. The van der Waals surface area contributed by atoms with E-state index in [1.807, 2.05) is 30.3 Å². The van der Waals surface area contributed by atoms with Crippen LogP contribution in [0.1, 0.15) is 12.0 Å². The van der Waals surface area contributed by atoms with Crippen LogP contribution < -0.4 is 5.32 Å². The molecule has 1 aromatic rings. The van der Waals surface area contributed by atoms with E-state index < -0.39 is 0 Å². The number of nitrogens with zero attached hydrogens (tertiary/aromatic N) is 1. The second-order valence-corrected chi connectivity index (χ2v) is 5.24. The number of piperidine rings is 1. The van der Waals surface area contributed by atoms with E-state index in [4.69, 9.17) is 9.47 Å². The molecule has 20 heavy (non-hydrogen) atoms. The van der Waals surface area contributed by atoms with Crippen LogP contribution in [0.4, 0.5) is 4.79 Å². The van der Waals surface area contributed by atoms with E-state index in [2.05, 4.69) is 5.32 Å². The number of hydrogen-bond donors (Lipinski definition) is 1. The first-order valence-electron chi connectivity index (χ1n) is 7.13. The van der Waals surface area contributed by atoms with Crippen LogP contribution in [0.25, 0.3) is 0 Å². The van der Waals surface area contributed by atoms with Crippen molar-refractivity contribution in [2.75, 3.05) is 26.2 Å². The molecule has 5 nitrogen and oxygen atoms in total. The van der Waals surface area contributed by atoms with Crippen molar-refractivity contribution in [3.63, 3.8) is 0 Å². The number of rotatable bonds is 2. The van der Waals surface area contributed by atoms with E-state index in [0.717, 1.165) is 25.1 Å². The molecule has 1 N–H and O–H groups in total. The minimum Gasteiger partial charge on any atom is -0.445 e. The summed E-state index contributed by atoms with van der Waals surface area (Å²) in [5.74, 6) is 0. The van der Waals surface area contributed by atoms with Gasteiger partial charge in [-0.3, -0.25) is 0 Å². The third kappa shape index (κ3) is 3.11. The molecule has 5 heteroatoms. The molecule has 3 rings (SSSR count). The van der Waals surface area contributed by atoms with Crippen molar-refractivity contribution in [2.24, 2.45) is 0 Å². The van der Waals surface area contributed by atoms with Gasteiger partial charge in [0.05, 0.1) is 18.8 Å². The number of hydrogen-bond acceptors (Lipinski definition) is 4. The maximum Gasteiger partial charge on any atom is 0.410 e. The highest BCUT2D eigenvalue weighted by atomic mass is 16.6. The van der Waals surface area contributed by atoms with Crippen LogP contribution in [0.2, 0.25) is 0 Å². The van der Waals surface area contributed by atoms with Gasteiger partial charge in [0.15, 0.2) is 0 Å². The maximum absolute atomic E-state index is 12.1. The minimum atomic E-state index is -0.236. The Labute approximate surface area is 118 Å². The second-order valence-electron chi connectivity index (χ2n) is 5.24. The van der Waals surface area contributed by atoms with Crippen molar-refractivity contribution in [3.05, 3.63) is 35.9 Å². The van der Waals surface area contributed by atoms with Gasteiger partial charge in [-0.1, -0.05) is 30.3 Å². The molecule has 2 unspecified atom stereocenters. The van der Waals surface area contributed by atoms with E-state index in [0.29, 0.717) is 19.7 Å². The Morgan fingerprint density at radius 2 is 2.25 bits per heavy atom. The van der Waals surface area contributed by atoms with Gasteiger partial charge in [-0.05, 0) is 12.0 Å². The molecule has 0 spiro atoms. The Bertz CT molecular complexity index is 452. The van der Waals surface area contributed by atoms with Crippen LogP contribution in [0, 0.1) is 0 Å². The first-order chi connectivity index (χ1) is 9.83. The molecular weight excluding hydrogens is 256 g/mol. The summed E-state index contributed by atoms with van der Waals surface area (Å²) >= 11 is 0. The number of carbonyl (C=O) groups is 1. The lowest BCUT2D eigenvalue weighted by Gasteiger charge is -2.40. The minimum absolute atomic E-state index is 0.236. The molecule has 2 aliphatic heterocycles. The standard InChI is InChI=1S/C15H20N2O3/c18-15(20-11-12-4-2-1-3-5-12)17-8-6-14-13(10-17)16-7-9-19-14/h1-5,13-14,16H,6-11H2. The summed E-state index contributed by atoms with van der Waals surface area (Å²) in [6.45, 7) is 3.32.